The topological polar surface area (TPSA) is 42.4 Å². The van der Waals surface area contributed by atoms with Crippen LogP contribution in [0.25, 0.3) is 10.2 Å². The van der Waals surface area contributed by atoms with Gasteiger partial charge in [0.25, 0.3) is 5.91 Å². The Morgan fingerprint density at radius 3 is 2.52 bits per heavy atom. The number of benzene rings is 3. The maximum Gasteiger partial charge on any atom is 0.267 e. The van der Waals surface area contributed by atoms with Crippen molar-refractivity contribution in [1.29, 1.82) is 0 Å². The Kier molecular flexibility index (Phi) is 5.79. The van der Waals surface area contributed by atoms with Crippen LogP contribution in [0.5, 0.6) is 5.75 Å². The number of ether oxygens (including phenoxy) is 1. The van der Waals surface area contributed by atoms with Crippen molar-refractivity contribution in [3.8, 4) is 5.75 Å². The number of carbonyl (C=O) groups is 1. The molecule has 4 aromatic rings. The molecule has 4 nitrogen and oxygen atoms in total. The van der Waals surface area contributed by atoms with Crippen molar-refractivity contribution < 1.29 is 9.53 Å². The quantitative estimate of drug-likeness (QED) is 0.390. The molecule has 1 heterocycles. The summed E-state index contributed by atoms with van der Waals surface area (Å²) in [5.74, 6) is 0.501. The lowest BCUT2D eigenvalue weighted by atomic mass is 10.2. The molecule has 0 saturated carbocycles. The summed E-state index contributed by atoms with van der Waals surface area (Å²) in [5, 5.41) is 1.18. The van der Waals surface area contributed by atoms with Gasteiger partial charge in [0.15, 0.2) is 11.7 Å². The van der Waals surface area contributed by atoms with Gasteiger partial charge in [0.1, 0.15) is 11.3 Å². The minimum Gasteiger partial charge on any atom is -0.484 e. The van der Waals surface area contributed by atoms with E-state index in [-0.39, 0.29) is 12.5 Å². The smallest absolute Gasteiger partial charge is 0.267 e. The lowest BCUT2D eigenvalue weighted by Crippen LogP contribution is -2.34. The second kappa shape index (κ2) is 8.64. The van der Waals surface area contributed by atoms with E-state index in [4.69, 9.17) is 16.3 Å². The Hall–Kier alpha value is -2.89. The van der Waals surface area contributed by atoms with Crippen molar-refractivity contribution in [2.45, 2.75) is 13.5 Å². The third-order valence-corrected chi connectivity index (χ3v) is 5.81. The molecule has 0 bridgehead atoms. The number of aromatic nitrogens is 1. The highest BCUT2D eigenvalue weighted by molar-refractivity contribution is 7.22. The number of para-hydroxylation sites is 1. The van der Waals surface area contributed by atoms with E-state index < -0.39 is 0 Å². The molecular formula is C23H19ClN2O2S. The molecule has 4 rings (SSSR count). The largest absolute Gasteiger partial charge is 0.484 e. The minimum atomic E-state index is -0.162. The first kappa shape index (κ1) is 19.4. The summed E-state index contributed by atoms with van der Waals surface area (Å²) in [6, 6.07) is 23.1. The van der Waals surface area contributed by atoms with Crippen LogP contribution in [0.1, 0.15) is 11.1 Å². The van der Waals surface area contributed by atoms with Crippen LogP contribution in [0.3, 0.4) is 0 Å². The number of nitrogens with zero attached hydrogens (tertiary/aromatic N) is 2. The van der Waals surface area contributed by atoms with Crippen LogP contribution < -0.4 is 9.64 Å². The zero-order chi connectivity index (χ0) is 20.2. The Balaban J connectivity index is 1.60. The van der Waals surface area contributed by atoms with Crippen LogP contribution in [0.4, 0.5) is 5.13 Å². The van der Waals surface area contributed by atoms with Crippen molar-refractivity contribution in [2.75, 3.05) is 11.5 Å². The van der Waals surface area contributed by atoms with Crippen LogP contribution in [0.15, 0.2) is 72.8 Å². The van der Waals surface area contributed by atoms with Gasteiger partial charge in [-0.3, -0.25) is 9.69 Å². The first-order valence-corrected chi connectivity index (χ1v) is 10.4. The molecule has 0 aliphatic heterocycles. The van der Waals surface area contributed by atoms with Crippen molar-refractivity contribution in [3.05, 3.63) is 88.9 Å². The van der Waals surface area contributed by atoms with Crippen LogP contribution in [-0.2, 0) is 11.3 Å². The fraction of sp³-hybridized carbons (Fsp3) is 0.130. The molecule has 1 aromatic heterocycles. The van der Waals surface area contributed by atoms with Gasteiger partial charge in [-0.2, -0.15) is 0 Å². The zero-order valence-electron chi connectivity index (χ0n) is 15.8. The summed E-state index contributed by atoms with van der Waals surface area (Å²) < 4.78 is 6.66. The number of amides is 1. The van der Waals surface area contributed by atoms with E-state index in [1.54, 1.807) is 11.0 Å². The average molecular weight is 423 g/mol. The Morgan fingerprint density at radius 2 is 1.79 bits per heavy atom. The van der Waals surface area contributed by atoms with E-state index in [9.17, 15) is 4.79 Å². The van der Waals surface area contributed by atoms with Gasteiger partial charge < -0.3 is 4.74 Å². The van der Waals surface area contributed by atoms with Crippen LogP contribution in [-0.4, -0.2) is 17.5 Å². The van der Waals surface area contributed by atoms with Gasteiger partial charge in [-0.1, -0.05) is 77.0 Å². The van der Waals surface area contributed by atoms with Gasteiger partial charge in [-0.05, 0) is 36.8 Å². The highest BCUT2D eigenvalue weighted by Gasteiger charge is 2.21. The lowest BCUT2D eigenvalue weighted by molar-refractivity contribution is -0.120. The Labute approximate surface area is 178 Å². The Bertz CT molecular complexity index is 1130. The van der Waals surface area contributed by atoms with Gasteiger partial charge in [0, 0.05) is 0 Å². The molecule has 6 heteroatoms. The summed E-state index contributed by atoms with van der Waals surface area (Å²) >= 11 is 7.73. The number of anilines is 1. The molecule has 0 aliphatic rings. The van der Waals surface area contributed by atoms with Gasteiger partial charge in [0.05, 0.1) is 16.3 Å². The summed E-state index contributed by atoms with van der Waals surface area (Å²) in [7, 11) is 0. The monoisotopic (exact) mass is 422 g/mol. The van der Waals surface area contributed by atoms with Crippen molar-refractivity contribution in [3.63, 3.8) is 0 Å². The standard InChI is InChI=1S/C23H19ClN2O2S/c1-16-10-12-18(13-11-16)28-15-21(27)26(14-17-6-3-2-4-7-17)23-25-22-19(24)8-5-9-20(22)29-23/h2-13H,14-15H2,1H3. The number of fused-ring (bicyclic) bond motifs is 1. The number of hydrogen-bond donors (Lipinski definition) is 0. The second-order valence-corrected chi connectivity index (χ2v) is 8.07. The number of aryl methyl sites for hydroxylation is 1. The molecule has 0 saturated heterocycles. The first-order chi connectivity index (χ1) is 14.1. The van der Waals surface area contributed by atoms with E-state index in [1.807, 2.05) is 73.7 Å². The maximum atomic E-state index is 13.1. The van der Waals surface area contributed by atoms with Gasteiger partial charge in [0.2, 0.25) is 0 Å². The lowest BCUT2D eigenvalue weighted by Gasteiger charge is -2.20. The van der Waals surface area contributed by atoms with Crippen molar-refractivity contribution in [1.82, 2.24) is 4.98 Å². The fourth-order valence-corrected chi connectivity index (χ4v) is 4.19. The van der Waals surface area contributed by atoms with E-state index in [0.29, 0.717) is 28.0 Å². The maximum absolute atomic E-state index is 13.1. The highest BCUT2D eigenvalue weighted by atomic mass is 35.5. The molecule has 0 N–H and O–H groups in total. The summed E-state index contributed by atoms with van der Waals surface area (Å²) in [4.78, 5) is 19.4. The number of thiazole rings is 1. The van der Waals surface area contributed by atoms with Gasteiger partial charge in [-0.25, -0.2) is 4.98 Å². The minimum absolute atomic E-state index is 0.0699. The molecule has 0 unspecified atom stereocenters. The van der Waals surface area contributed by atoms with E-state index in [0.717, 1.165) is 15.8 Å². The number of hydrogen-bond acceptors (Lipinski definition) is 4. The second-order valence-electron chi connectivity index (χ2n) is 6.65. The third kappa shape index (κ3) is 4.58. The van der Waals surface area contributed by atoms with Gasteiger partial charge >= 0.3 is 0 Å². The molecule has 0 spiro atoms. The average Bonchev–Trinajstić information content (AvgIpc) is 3.17. The molecule has 0 aliphatic carbocycles. The number of carbonyl (C=O) groups excluding carboxylic acids is 1. The van der Waals surface area contributed by atoms with Crippen LogP contribution in [0, 0.1) is 6.92 Å². The summed E-state index contributed by atoms with van der Waals surface area (Å²) in [6.07, 6.45) is 0. The molecule has 0 fully saturated rings. The molecule has 0 radical (unpaired) electrons. The molecular weight excluding hydrogens is 404 g/mol. The zero-order valence-corrected chi connectivity index (χ0v) is 17.4. The van der Waals surface area contributed by atoms with Crippen LogP contribution in [0.2, 0.25) is 5.02 Å². The summed E-state index contributed by atoms with van der Waals surface area (Å²) in [6.45, 7) is 2.35. The molecule has 146 valence electrons. The molecule has 29 heavy (non-hydrogen) atoms. The number of rotatable bonds is 6. The van der Waals surface area contributed by atoms with E-state index in [1.165, 1.54) is 11.3 Å². The first-order valence-electron chi connectivity index (χ1n) is 9.19. The third-order valence-electron chi connectivity index (χ3n) is 4.46. The number of halogens is 1. The molecule has 3 aromatic carbocycles. The van der Waals surface area contributed by atoms with E-state index in [2.05, 4.69) is 4.98 Å². The highest BCUT2D eigenvalue weighted by Crippen LogP contribution is 2.33. The summed E-state index contributed by atoms with van der Waals surface area (Å²) in [5.41, 5.74) is 2.86. The van der Waals surface area contributed by atoms with Crippen molar-refractivity contribution in [2.24, 2.45) is 0 Å². The Morgan fingerprint density at radius 1 is 1.03 bits per heavy atom. The SMILES string of the molecule is Cc1ccc(OCC(=O)N(Cc2ccccc2)c2nc3c(Cl)cccc3s2)cc1. The van der Waals surface area contributed by atoms with Crippen LogP contribution >= 0.6 is 22.9 Å². The van der Waals surface area contributed by atoms with Gasteiger partial charge in [-0.15, -0.1) is 0 Å². The predicted octanol–water partition coefficient (Wildman–Crippen LogP) is 5.87. The van der Waals surface area contributed by atoms with E-state index >= 15 is 0 Å². The molecule has 0 atom stereocenters. The van der Waals surface area contributed by atoms with Crippen molar-refractivity contribution >= 4 is 44.2 Å². The predicted molar refractivity (Wildman–Crippen MR) is 119 cm³/mol. The molecule has 1 amide bonds. The normalized spacial score (nSPS) is 10.8. The fourth-order valence-electron chi connectivity index (χ4n) is 2.90.